The number of benzene rings is 4. The number of allylic oxidation sites excluding steroid dienone is 2. The third-order valence-electron chi connectivity index (χ3n) is 17.3. The maximum absolute atomic E-state index is 3.98. The second-order valence-electron chi connectivity index (χ2n) is 20.9. The fourth-order valence-corrected chi connectivity index (χ4v) is 40.5. The zero-order valence-electron chi connectivity index (χ0n) is 35.9. The summed E-state index contributed by atoms with van der Waals surface area (Å²) in [6.07, 6.45) is 26.5. The Morgan fingerprint density at radius 2 is 0.966 bits per heavy atom. The minimum absolute atomic E-state index is 0. The first-order valence-corrected chi connectivity index (χ1v) is 36.0. The summed E-state index contributed by atoms with van der Waals surface area (Å²) in [4.78, 5) is 0. The van der Waals surface area contributed by atoms with Crippen LogP contribution in [-0.2, 0) is 30.2 Å². The van der Waals surface area contributed by atoms with Gasteiger partial charge in [0.25, 0.3) is 0 Å². The van der Waals surface area contributed by atoms with Crippen molar-refractivity contribution in [1.29, 1.82) is 0 Å². The van der Waals surface area contributed by atoms with E-state index < -0.39 is 17.4 Å². The van der Waals surface area contributed by atoms with E-state index in [9.17, 15) is 0 Å². The van der Waals surface area contributed by atoms with E-state index in [1.165, 1.54) is 121 Å². The first kappa shape index (κ1) is 42.7. The van der Waals surface area contributed by atoms with Gasteiger partial charge in [0.1, 0.15) is 0 Å². The van der Waals surface area contributed by atoms with Gasteiger partial charge in [-0.15, -0.1) is 24.8 Å². The minimum Gasteiger partial charge on any atom is -0.147 e. The molecule has 4 aromatic rings. The van der Waals surface area contributed by atoms with Gasteiger partial charge in [-0.1, -0.05) is 0 Å². The zero-order valence-corrected chi connectivity index (χ0v) is 41.4. The molecule has 2 atom stereocenters. The Balaban J connectivity index is 0.00000235. The summed E-state index contributed by atoms with van der Waals surface area (Å²) in [6, 6.07) is 34.2. The molecule has 0 aliphatic heterocycles. The fourth-order valence-electron chi connectivity index (χ4n) is 14.8. The number of rotatable bonds is 12. The van der Waals surface area contributed by atoms with Gasteiger partial charge >= 0.3 is 344 Å². The van der Waals surface area contributed by atoms with Gasteiger partial charge in [0.2, 0.25) is 0 Å². The van der Waals surface area contributed by atoms with E-state index in [1.54, 1.807) is 22.3 Å². The average molecular weight is 907 g/mol. The largest absolute Gasteiger partial charge is 0.147 e. The molecule has 4 saturated carbocycles. The Labute approximate surface area is 365 Å². The summed E-state index contributed by atoms with van der Waals surface area (Å²) in [5, 5.41) is 0. The molecule has 58 heavy (non-hydrogen) atoms. The van der Waals surface area contributed by atoms with Crippen molar-refractivity contribution in [3.05, 3.63) is 129 Å². The van der Waals surface area contributed by atoms with Crippen molar-refractivity contribution in [2.24, 2.45) is 22.7 Å². The van der Waals surface area contributed by atoms with Gasteiger partial charge in [0.15, 0.2) is 0 Å². The topological polar surface area (TPSA) is 0 Å². The molecule has 4 bridgehead atoms. The number of hydrogen-bond donors (Lipinski definition) is 0. The van der Waals surface area contributed by atoms with Crippen molar-refractivity contribution in [1.82, 2.24) is 0 Å². The summed E-state index contributed by atoms with van der Waals surface area (Å²) in [6.45, 7) is 9.77. The molecular formula is C54H68Cl2SiZr. The van der Waals surface area contributed by atoms with Crippen LogP contribution in [0.2, 0.25) is 8.76 Å². The van der Waals surface area contributed by atoms with Crippen molar-refractivity contribution >= 4 is 43.8 Å². The summed E-state index contributed by atoms with van der Waals surface area (Å²) in [5.74, 6) is 1.96. The average Bonchev–Trinajstić information content (AvgIpc) is 4.08. The predicted octanol–water partition coefficient (Wildman–Crippen LogP) is 15.6. The number of fused-ring (bicyclic) bond motifs is 6. The molecule has 0 saturated heterocycles. The maximum Gasteiger partial charge on any atom is -0.147 e. The van der Waals surface area contributed by atoms with Gasteiger partial charge < -0.3 is 0 Å². The van der Waals surface area contributed by atoms with Crippen LogP contribution in [-0.4, -0.2) is 6.88 Å². The Morgan fingerprint density at radius 1 is 0.569 bits per heavy atom. The fraction of sp³-hybridized carbons (Fsp3) is 0.481. The van der Waals surface area contributed by atoms with Gasteiger partial charge in [-0.25, -0.2) is 0 Å². The molecule has 2 unspecified atom stereocenters. The monoisotopic (exact) mass is 904 g/mol. The van der Waals surface area contributed by atoms with E-state index >= 15 is 0 Å². The molecule has 306 valence electrons. The van der Waals surface area contributed by atoms with Crippen molar-refractivity contribution in [3.63, 3.8) is 0 Å². The van der Waals surface area contributed by atoms with Gasteiger partial charge in [-0.2, -0.15) is 0 Å². The maximum atomic E-state index is 3.02. The van der Waals surface area contributed by atoms with Gasteiger partial charge in [-0.3, -0.25) is 0 Å². The summed E-state index contributed by atoms with van der Waals surface area (Å²) in [5.41, 5.74) is 19.9. The third kappa shape index (κ3) is 7.03. The molecule has 0 aromatic heterocycles. The van der Waals surface area contributed by atoms with Crippen LogP contribution < -0.4 is 0 Å². The number of halogens is 2. The second kappa shape index (κ2) is 16.1. The number of hydrogen-bond acceptors (Lipinski definition) is 0. The molecule has 6 aliphatic carbocycles. The molecule has 6 aliphatic rings. The molecule has 0 nitrogen and oxygen atoms in total. The minimum atomic E-state index is -3.98. The molecule has 0 amide bonds. The summed E-state index contributed by atoms with van der Waals surface area (Å²) < 4.78 is 5.64. The van der Waals surface area contributed by atoms with Crippen LogP contribution in [0.15, 0.2) is 96.1 Å². The van der Waals surface area contributed by atoms with Crippen molar-refractivity contribution in [3.8, 4) is 22.3 Å². The second-order valence-corrected chi connectivity index (χ2v) is 49.4. The van der Waals surface area contributed by atoms with Crippen LogP contribution in [0.3, 0.4) is 0 Å². The van der Waals surface area contributed by atoms with Gasteiger partial charge in [0.05, 0.1) is 0 Å². The molecule has 4 fully saturated rings. The van der Waals surface area contributed by atoms with Crippen molar-refractivity contribution in [2.45, 2.75) is 133 Å². The summed E-state index contributed by atoms with van der Waals surface area (Å²) in [7, 11) is 0. The Bertz CT molecular complexity index is 2140. The summed E-state index contributed by atoms with van der Waals surface area (Å²) >= 11 is -3.98. The Kier molecular flexibility index (Phi) is 11.8. The molecule has 0 spiro atoms. The van der Waals surface area contributed by atoms with Crippen LogP contribution in [0.5, 0.6) is 0 Å². The SMILES string of the molecule is CC[CH2][Zr]([CH3])(=[SiH2])([CH]1C(CC23CCC(CC2)C3)=Cc2c(-c3ccc(CC)cc3)cccc21)[CH]1C(CC23CCC(CC2)C3)=Cc2c(-c3ccc(CC)cc3)cccc21.Cl.Cl. The number of aryl methyl sites for hydroxylation is 2. The van der Waals surface area contributed by atoms with E-state index in [2.05, 4.69) is 129 Å². The molecule has 0 N–H and O–H groups in total. The van der Waals surface area contributed by atoms with E-state index in [-0.39, 0.29) is 24.8 Å². The molecule has 10 rings (SSSR count). The molecule has 0 radical (unpaired) electrons. The van der Waals surface area contributed by atoms with Crippen LogP contribution in [0.25, 0.3) is 34.4 Å². The molecule has 0 heterocycles. The van der Waals surface area contributed by atoms with Crippen molar-refractivity contribution in [2.75, 3.05) is 0 Å². The first-order chi connectivity index (χ1) is 27.1. The molecule has 4 heteroatoms. The van der Waals surface area contributed by atoms with E-state index in [4.69, 9.17) is 0 Å². The molecule has 4 aromatic carbocycles. The van der Waals surface area contributed by atoms with Crippen LogP contribution in [0.4, 0.5) is 0 Å². The quantitative estimate of drug-likeness (QED) is 0.124. The Hall–Kier alpha value is -1.96. The van der Waals surface area contributed by atoms with E-state index in [0.29, 0.717) is 18.1 Å². The zero-order chi connectivity index (χ0) is 38.3. The van der Waals surface area contributed by atoms with Crippen LogP contribution >= 0.6 is 24.8 Å². The van der Waals surface area contributed by atoms with Gasteiger partial charge in [0, 0.05) is 0 Å². The predicted molar refractivity (Wildman–Crippen MR) is 255 cm³/mol. The normalized spacial score (nSPS) is 27.8. The van der Waals surface area contributed by atoms with Crippen molar-refractivity contribution < 1.29 is 17.4 Å². The Morgan fingerprint density at radius 3 is 1.29 bits per heavy atom. The smallest absolute Gasteiger partial charge is 0.147 e. The van der Waals surface area contributed by atoms with Gasteiger partial charge in [-0.05, 0) is 0 Å². The van der Waals surface area contributed by atoms with E-state index in [0.717, 1.165) is 24.7 Å². The third-order valence-corrected chi connectivity index (χ3v) is 40.8. The van der Waals surface area contributed by atoms with Crippen LogP contribution in [0, 0.1) is 22.7 Å². The standard InChI is InChI=1S/2C25H27.C3H7.CH3.2ClH.H2Si.Zr/c2*1-2-18-6-8-21(9-7-18)23-5-3-4-22-14-20(15-24(22)23)17-25-12-10-19(16-25)11-13-25;1-3-2;;;;;/h2*3-9,14-15,19H,2,10-13,16-17H2,1H3;1,3H2,2H3;1H3;2*1H;1H2;. The molecular weight excluding hydrogens is 839 g/mol. The van der Waals surface area contributed by atoms with Crippen LogP contribution in [0.1, 0.15) is 145 Å². The first-order valence-electron chi connectivity index (χ1n) is 23.0. The van der Waals surface area contributed by atoms with E-state index in [1.807, 2.05) is 11.1 Å².